The molecule has 0 fully saturated rings. The van der Waals surface area contributed by atoms with Crippen molar-refractivity contribution in [2.24, 2.45) is 0 Å². The molecule has 0 N–H and O–H groups in total. The Morgan fingerprint density at radius 1 is 0.375 bits per heavy atom. The molecule has 0 aliphatic heterocycles. The lowest BCUT2D eigenvalue weighted by Crippen LogP contribution is -2.18. The quantitative estimate of drug-likeness (QED) is 0.301. The summed E-state index contributed by atoms with van der Waals surface area (Å²) in [5.41, 5.74) is 14.7. The predicted octanol–water partition coefficient (Wildman–Crippen LogP) is 8.71. The maximum absolute atomic E-state index is 2.40. The van der Waals surface area contributed by atoms with Crippen molar-refractivity contribution in [1.82, 2.24) is 0 Å². The molecule has 0 aromatic heterocycles. The Kier molecular flexibility index (Phi) is 8.21. The van der Waals surface area contributed by atoms with Crippen LogP contribution in [0.1, 0.15) is 22.3 Å². The SMILES string of the molecule is C[Si](C)(/C=C/c1ccccc1)/C=C/c1ccc(/C=C/[Si](C)(C)/C=C/c2ccccc2)cc1. The maximum atomic E-state index is 2.40. The van der Waals surface area contributed by atoms with E-state index < -0.39 is 16.1 Å². The predicted molar refractivity (Wildman–Crippen MR) is 150 cm³/mol. The highest BCUT2D eigenvalue weighted by Gasteiger charge is 2.12. The summed E-state index contributed by atoms with van der Waals surface area (Å²) in [5, 5.41) is 0. The van der Waals surface area contributed by atoms with E-state index >= 15 is 0 Å². The Bertz CT molecular complexity index is 994. The first kappa shape index (κ1) is 23.7. The topological polar surface area (TPSA) is 0 Å². The van der Waals surface area contributed by atoms with Crippen molar-refractivity contribution in [1.29, 1.82) is 0 Å². The number of rotatable bonds is 8. The van der Waals surface area contributed by atoms with Crippen LogP contribution in [0.25, 0.3) is 24.3 Å². The van der Waals surface area contributed by atoms with Gasteiger partial charge >= 0.3 is 0 Å². The molecule has 0 heterocycles. The van der Waals surface area contributed by atoms with Gasteiger partial charge in [-0.1, -0.05) is 158 Å². The summed E-state index contributed by atoms with van der Waals surface area (Å²) in [6, 6.07) is 29.9. The Morgan fingerprint density at radius 3 is 0.906 bits per heavy atom. The molecule has 0 aliphatic rings. The minimum Gasteiger partial charge on any atom is -0.0902 e. The summed E-state index contributed by atoms with van der Waals surface area (Å²) in [4.78, 5) is 0. The largest absolute Gasteiger partial charge is 0.0954 e. The first-order valence-corrected chi connectivity index (χ1v) is 17.6. The van der Waals surface area contributed by atoms with Gasteiger partial charge in [-0.25, -0.2) is 0 Å². The molecule has 0 nitrogen and oxygen atoms in total. The van der Waals surface area contributed by atoms with Crippen LogP contribution in [-0.2, 0) is 0 Å². The highest BCUT2D eigenvalue weighted by Crippen LogP contribution is 2.16. The van der Waals surface area contributed by atoms with Gasteiger partial charge in [0.05, 0.1) is 16.1 Å². The van der Waals surface area contributed by atoms with Gasteiger partial charge in [0.2, 0.25) is 0 Å². The lowest BCUT2D eigenvalue weighted by Gasteiger charge is -2.12. The third-order valence-electron chi connectivity index (χ3n) is 5.36. The van der Waals surface area contributed by atoms with Gasteiger partial charge in [-0.15, -0.1) is 0 Å². The monoisotopic (exact) mass is 450 g/mol. The summed E-state index contributed by atoms with van der Waals surface area (Å²) in [5.74, 6) is 0. The van der Waals surface area contributed by atoms with Gasteiger partial charge < -0.3 is 0 Å². The summed E-state index contributed by atoms with van der Waals surface area (Å²) < 4.78 is 0. The Labute approximate surface area is 196 Å². The van der Waals surface area contributed by atoms with E-state index in [0.717, 1.165) is 0 Å². The van der Waals surface area contributed by atoms with E-state index in [1.54, 1.807) is 0 Å². The molecule has 0 radical (unpaired) electrons. The van der Waals surface area contributed by atoms with E-state index in [1.165, 1.54) is 22.3 Å². The van der Waals surface area contributed by atoms with Gasteiger partial charge in [-0.2, -0.15) is 0 Å². The van der Waals surface area contributed by atoms with Crippen LogP contribution in [0.15, 0.2) is 108 Å². The zero-order valence-electron chi connectivity index (χ0n) is 19.7. The molecule has 3 rings (SSSR count). The molecule has 3 aromatic rings. The second-order valence-electron chi connectivity index (χ2n) is 9.46. The molecule has 0 atom stereocenters. The normalized spacial score (nSPS) is 13.1. The molecule has 3 aromatic carbocycles. The molecular weight excluding hydrogens is 417 g/mol. The van der Waals surface area contributed by atoms with E-state index in [-0.39, 0.29) is 0 Å². The first-order valence-electron chi connectivity index (χ1n) is 11.3. The van der Waals surface area contributed by atoms with E-state index in [2.05, 4.69) is 158 Å². The van der Waals surface area contributed by atoms with Gasteiger partial charge in [-0.05, 0) is 22.3 Å². The lowest BCUT2D eigenvalue weighted by molar-refractivity contribution is 1.62. The third-order valence-corrected chi connectivity index (χ3v) is 9.46. The Balaban J connectivity index is 1.60. The smallest absolute Gasteiger partial charge is 0.0902 e. The standard InChI is InChI=1S/C30H34Si2/c1-31(2,23-19-27-11-7-5-8-12-27)25-21-29-15-17-30(18-16-29)22-26-32(3,4)24-20-28-13-9-6-10-14-28/h5-26H,1-4H3/b23-19+,24-20+,25-21+,26-22+. The van der Waals surface area contributed by atoms with Crippen molar-refractivity contribution >= 4 is 40.5 Å². The zero-order chi connectivity index (χ0) is 22.9. The fourth-order valence-electron chi connectivity index (χ4n) is 3.20. The molecule has 0 bridgehead atoms. The average Bonchev–Trinajstić information content (AvgIpc) is 2.81. The molecule has 0 amide bonds. The highest BCUT2D eigenvalue weighted by atomic mass is 28.3. The van der Waals surface area contributed by atoms with Crippen molar-refractivity contribution in [3.05, 3.63) is 130 Å². The van der Waals surface area contributed by atoms with Crippen molar-refractivity contribution in [2.45, 2.75) is 26.2 Å². The van der Waals surface area contributed by atoms with Crippen LogP contribution >= 0.6 is 0 Å². The average molecular weight is 451 g/mol. The second-order valence-corrected chi connectivity index (χ2v) is 18.1. The molecule has 0 saturated heterocycles. The summed E-state index contributed by atoms with van der Waals surface area (Å²) in [6.45, 7) is 9.48. The number of hydrogen-bond donors (Lipinski definition) is 0. The van der Waals surface area contributed by atoms with Crippen LogP contribution in [0, 0.1) is 0 Å². The van der Waals surface area contributed by atoms with Crippen molar-refractivity contribution < 1.29 is 0 Å². The van der Waals surface area contributed by atoms with Crippen LogP contribution < -0.4 is 0 Å². The third kappa shape index (κ3) is 8.29. The first-order chi connectivity index (χ1) is 15.3. The van der Waals surface area contributed by atoms with Gasteiger partial charge in [-0.3, -0.25) is 0 Å². The van der Waals surface area contributed by atoms with Crippen molar-refractivity contribution in [2.75, 3.05) is 0 Å². The number of benzene rings is 3. The minimum atomic E-state index is -1.54. The molecule has 2 heteroatoms. The van der Waals surface area contributed by atoms with Crippen LogP contribution in [0.5, 0.6) is 0 Å². The van der Waals surface area contributed by atoms with Crippen LogP contribution in [0.3, 0.4) is 0 Å². The zero-order valence-corrected chi connectivity index (χ0v) is 21.7. The fraction of sp³-hybridized carbons (Fsp3) is 0.133. The van der Waals surface area contributed by atoms with Crippen molar-refractivity contribution in [3.63, 3.8) is 0 Å². The van der Waals surface area contributed by atoms with E-state index in [0.29, 0.717) is 0 Å². The summed E-state index contributed by atoms with van der Waals surface area (Å²) in [6.07, 6.45) is 9.05. The molecule has 162 valence electrons. The molecule has 0 aliphatic carbocycles. The lowest BCUT2D eigenvalue weighted by atomic mass is 10.1. The highest BCUT2D eigenvalue weighted by molar-refractivity contribution is 6.88. The molecule has 32 heavy (non-hydrogen) atoms. The van der Waals surface area contributed by atoms with Gasteiger partial charge in [0.1, 0.15) is 0 Å². The minimum absolute atomic E-state index is 1.26. The molecular formula is C30H34Si2. The second kappa shape index (κ2) is 11.1. The van der Waals surface area contributed by atoms with Crippen LogP contribution in [0.4, 0.5) is 0 Å². The summed E-state index contributed by atoms with van der Waals surface area (Å²) >= 11 is 0. The Morgan fingerprint density at radius 2 is 0.625 bits per heavy atom. The maximum Gasteiger partial charge on any atom is 0.0954 e. The fourth-order valence-corrected chi connectivity index (χ4v) is 5.91. The van der Waals surface area contributed by atoms with Gasteiger partial charge in [0, 0.05) is 0 Å². The van der Waals surface area contributed by atoms with E-state index in [9.17, 15) is 0 Å². The molecule has 0 spiro atoms. The Hall–Kier alpha value is -2.95. The summed E-state index contributed by atoms with van der Waals surface area (Å²) in [7, 11) is -3.07. The van der Waals surface area contributed by atoms with Gasteiger partial charge in [0.25, 0.3) is 0 Å². The van der Waals surface area contributed by atoms with Gasteiger partial charge in [0.15, 0.2) is 0 Å². The molecule has 0 saturated carbocycles. The van der Waals surface area contributed by atoms with Crippen molar-refractivity contribution in [3.8, 4) is 0 Å². The van der Waals surface area contributed by atoms with Crippen LogP contribution in [0.2, 0.25) is 26.2 Å². The van der Waals surface area contributed by atoms with Crippen LogP contribution in [-0.4, -0.2) is 16.1 Å². The van der Waals surface area contributed by atoms with E-state index in [4.69, 9.17) is 0 Å². The van der Waals surface area contributed by atoms with E-state index in [1.807, 2.05) is 0 Å². The number of hydrogen-bond acceptors (Lipinski definition) is 0. The molecule has 0 unspecified atom stereocenters.